The van der Waals surface area contributed by atoms with Crippen molar-refractivity contribution in [1.29, 1.82) is 0 Å². The third-order valence-corrected chi connectivity index (χ3v) is 5.51. The highest BCUT2D eigenvalue weighted by Crippen LogP contribution is 2.36. The van der Waals surface area contributed by atoms with Crippen molar-refractivity contribution in [2.45, 2.75) is 25.2 Å². The number of carbonyl (C=O) groups is 1. The predicted molar refractivity (Wildman–Crippen MR) is 106 cm³/mol. The van der Waals surface area contributed by atoms with Crippen LogP contribution in [-0.2, 0) is 10.2 Å². The Labute approximate surface area is 164 Å². The molecule has 3 nitrogen and oxygen atoms in total. The van der Waals surface area contributed by atoms with Crippen molar-refractivity contribution in [2.24, 2.45) is 0 Å². The molecule has 0 atom stereocenters. The van der Waals surface area contributed by atoms with Crippen molar-refractivity contribution >= 4 is 17.5 Å². The Kier molecular flexibility index (Phi) is 7.75. The summed E-state index contributed by atoms with van der Waals surface area (Å²) in [5.41, 5.74) is 0.517. The number of amides is 1. The van der Waals surface area contributed by atoms with E-state index >= 15 is 0 Å². The van der Waals surface area contributed by atoms with E-state index in [0.717, 1.165) is 25.9 Å². The lowest BCUT2D eigenvalue weighted by Gasteiger charge is -2.41. The zero-order chi connectivity index (χ0) is 19.9. The molecule has 146 valence electrons. The van der Waals surface area contributed by atoms with Crippen LogP contribution in [0.4, 0.5) is 8.78 Å². The van der Waals surface area contributed by atoms with Crippen LogP contribution < -0.4 is 5.32 Å². The van der Waals surface area contributed by atoms with Crippen LogP contribution in [0.5, 0.6) is 0 Å². The lowest BCUT2D eigenvalue weighted by atomic mass is 9.72. The SMILES string of the molecule is C\C(C(=O)NCC1(c2ccccc2F)CCN(C)CC1)=C(Cl)/C=C\C=C\F. The first-order chi connectivity index (χ1) is 12.9. The van der Waals surface area contributed by atoms with Gasteiger partial charge in [0.1, 0.15) is 5.82 Å². The maximum absolute atomic E-state index is 14.5. The Balaban J connectivity index is 2.19. The van der Waals surface area contributed by atoms with E-state index in [0.29, 0.717) is 24.0 Å². The van der Waals surface area contributed by atoms with E-state index in [-0.39, 0.29) is 16.8 Å². The summed E-state index contributed by atoms with van der Waals surface area (Å²) < 4.78 is 26.5. The number of benzene rings is 1. The third-order valence-electron chi connectivity index (χ3n) is 5.10. The molecule has 1 aliphatic rings. The molecule has 1 aromatic rings. The lowest BCUT2D eigenvalue weighted by molar-refractivity contribution is -0.117. The first-order valence-corrected chi connectivity index (χ1v) is 9.29. The number of rotatable bonds is 6. The van der Waals surface area contributed by atoms with Crippen LogP contribution in [0.15, 0.2) is 59.4 Å². The average molecular weight is 395 g/mol. The number of nitrogens with one attached hydrogen (secondary N) is 1. The molecule has 0 aromatic heterocycles. The van der Waals surface area contributed by atoms with Crippen molar-refractivity contribution in [2.75, 3.05) is 26.7 Å². The van der Waals surface area contributed by atoms with Gasteiger partial charge in [0.2, 0.25) is 5.91 Å². The van der Waals surface area contributed by atoms with Gasteiger partial charge in [0.25, 0.3) is 0 Å². The highest BCUT2D eigenvalue weighted by atomic mass is 35.5. The zero-order valence-corrected chi connectivity index (χ0v) is 16.4. The predicted octanol–water partition coefficient (Wildman–Crippen LogP) is 4.46. The van der Waals surface area contributed by atoms with Crippen molar-refractivity contribution in [3.8, 4) is 0 Å². The van der Waals surface area contributed by atoms with Crippen molar-refractivity contribution in [3.63, 3.8) is 0 Å². The minimum absolute atomic E-state index is 0.230. The molecule has 1 saturated heterocycles. The Bertz CT molecular complexity index is 750. The van der Waals surface area contributed by atoms with Gasteiger partial charge >= 0.3 is 0 Å². The van der Waals surface area contributed by atoms with E-state index in [1.807, 2.05) is 13.1 Å². The first kappa shape index (κ1) is 21.3. The second-order valence-corrected chi connectivity index (χ2v) is 7.30. The van der Waals surface area contributed by atoms with E-state index in [2.05, 4.69) is 10.2 Å². The molecule has 0 spiro atoms. The molecule has 1 fully saturated rings. The van der Waals surface area contributed by atoms with Crippen molar-refractivity contribution < 1.29 is 13.6 Å². The fourth-order valence-electron chi connectivity index (χ4n) is 3.28. The molecule has 0 aliphatic carbocycles. The van der Waals surface area contributed by atoms with Crippen LogP contribution in [-0.4, -0.2) is 37.5 Å². The Morgan fingerprint density at radius 1 is 1.30 bits per heavy atom. The number of hydrogen-bond acceptors (Lipinski definition) is 2. The fraction of sp³-hybridized carbons (Fsp3) is 0.381. The van der Waals surface area contributed by atoms with E-state index in [4.69, 9.17) is 11.6 Å². The molecule has 0 unspecified atom stereocenters. The van der Waals surface area contributed by atoms with Crippen LogP contribution in [0, 0.1) is 5.82 Å². The van der Waals surface area contributed by atoms with Gasteiger partial charge in [-0.2, -0.15) is 0 Å². The van der Waals surface area contributed by atoms with Gasteiger partial charge in [-0.1, -0.05) is 35.9 Å². The van der Waals surface area contributed by atoms with Crippen LogP contribution in [0.3, 0.4) is 0 Å². The highest BCUT2D eigenvalue weighted by Gasteiger charge is 2.37. The minimum atomic E-state index is -0.451. The van der Waals surface area contributed by atoms with Gasteiger partial charge in [0, 0.05) is 22.6 Å². The molecule has 1 N–H and O–H groups in total. The molecule has 0 saturated carbocycles. The van der Waals surface area contributed by atoms with E-state index in [9.17, 15) is 13.6 Å². The summed E-state index contributed by atoms with van der Waals surface area (Å²) in [6.45, 7) is 3.60. The maximum Gasteiger partial charge on any atom is 0.248 e. The van der Waals surface area contributed by atoms with Crippen molar-refractivity contribution in [1.82, 2.24) is 10.2 Å². The number of carbonyl (C=O) groups excluding carboxylic acids is 1. The lowest BCUT2D eigenvalue weighted by Crippen LogP contribution is -2.48. The van der Waals surface area contributed by atoms with Gasteiger partial charge in [-0.15, -0.1) is 0 Å². The van der Waals surface area contributed by atoms with Crippen LogP contribution in [0.2, 0.25) is 0 Å². The summed E-state index contributed by atoms with van der Waals surface area (Å²) >= 11 is 6.09. The molecule has 1 amide bonds. The monoisotopic (exact) mass is 394 g/mol. The van der Waals surface area contributed by atoms with Gasteiger partial charge < -0.3 is 10.2 Å². The standard InChI is InChI=1S/C21H25ClF2N2O/c1-16(18(22)8-5-6-12-23)20(27)25-15-21(10-13-26(2)14-11-21)17-7-3-4-9-19(17)24/h3-9,12H,10-11,13-15H2,1-2H3,(H,25,27)/b8-5-,12-6+,18-16-. The number of hydrogen-bond donors (Lipinski definition) is 1. The number of allylic oxidation sites excluding steroid dienone is 4. The summed E-state index contributed by atoms with van der Waals surface area (Å²) in [5, 5.41) is 3.14. The molecular formula is C21H25ClF2N2O. The van der Waals surface area contributed by atoms with Gasteiger partial charge in [-0.05, 0) is 63.7 Å². The van der Waals surface area contributed by atoms with Crippen molar-refractivity contribution in [3.05, 3.63) is 70.8 Å². The molecule has 0 bridgehead atoms. The number of halogens is 3. The average Bonchev–Trinajstić information content (AvgIpc) is 2.67. The summed E-state index contributed by atoms with van der Waals surface area (Å²) in [6, 6.07) is 6.76. The van der Waals surface area contributed by atoms with E-state index in [1.165, 1.54) is 24.3 Å². The summed E-state index contributed by atoms with van der Waals surface area (Å²) in [5.74, 6) is -0.564. The molecule has 1 heterocycles. The smallest absolute Gasteiger partial charge is 0.248 e. The number of piperidine rings is 1. The molecule has 0 radical (unpaired) electrons. The number of nitrogens with zero attached hydrogens (tertiary/aromatic N) is 1. The maximum atomic E-state index is 14.5. The fourth-order valence-corrected chi connectivity index (χ4v) is 3.44. The normalized spacial score (nSPS) is 18.7. The second-order valence-electron chi connectivity index (χ2n) is 6.90. The third kappa shape index (κ3) is 5.50. The topological polar surface area (TPSA) is 32.3 Å². The van der Waals surface area contributed by atoms with Crippen LogP contribution in [0.25, 0.3) is 0 Å². The molecule has 2 rings (SSSR count). The highest BCUT2D eigenvalue weighted by molar-refractivity contribution is 6.33. The molecule has 1 aromatic carbocycles. The summed E-state index contributed by atoms with van der Waals surface area (Å²) in [6.07, 6.45) is 5.93. The minimum Gasteiger partial charge on any atom is -0.351 e. The van der Waals surface area contributed by atoms with Gasteiger partial charge in [0.05, 0.1) is 6.33 Å². The Hall–Kier alpha value is -1.98. The largest absolute Gasteiger partial charge is 0.351 e. The molecule has 27 heavy (non-hydrogen) atoms. The van der Waals surface area contributed by atoms with Gasteiger partial charge in [-0.25, -0.2) is 8.78 Å². The first-order valence-electron chi connectivity index (χ1n) is 8.91. The van der Waals surface area contributed by atoms with E-state index < -0.39 is 5.41 Å². The molecular weight excluding hydrogens is 370 g/mol. The van der Waals surface area contributed by atoms with E-state index in [1.54, 1.807) is 19.1 Å². The summed E-state index contributed by atoms with van der Waals surface area (Å²) in [4.78, 5) is 14.7. The molecule has 6 heteroatoms. The second kappa shape index (κ2) is 9.81. The van der Waals surface area contributed by atoms with Gasteiger partial charge in [-0.3, -0.25) is 4.79 Å². The summed E-state index contributed by atoms with van der Waals surface area (Å²) in [7, 11) is 2.04. The molecule has 1 aliphatic heterocycles. The quantitative estimate of drug-likeness (QED) is 0.570. The van der Waals surface area contributed by atoms with Gasteiger partial charge in [0.15, 0.2) is 0 Å². The van der Waals surface area contributed by atoms with Crippen LogP contribution in [0.1, 0.15) is 25.3 Å². The Morgan fingerprint density at radius 2 is 1.96 bits per heavy atom. The van der Waals surface area contributed by atoms with Crippen LogP contribution >= 0.6 is 11.6 Å². The zero-order valence-electron chi connectivity index (χ0n) is 15.6. The Morgan fingerprint density at radius 3 is 2.59 bits per heavy atom. The number of likely N-dealkylation sites (tertiary alicyclic amines) is 1.